The fraction of sp³-hybridized carbons (Fsp3) is 0.333. The Labute approximate surface area is 66.0 Å². The summed E-state index contributed by atoms with van der Waals surface area (Å²) in [5.74, 6) is -0.143. The van der Waals surface area contributed by atoms with Crippen molar-refractivity contribution in [3.8, 4) is 0 Å². The summed E-state index contributed by atoms with van der Waals surface area (Å²) in [6.45, 7) is 2.33. The van der Waals surface area contributed by atoms with Gasteiger partial charge in [-0.05, 0) is 23.6 Å². The molecule has 0 fully saturated rings. The fourth-order valence-corrected chi connectivity index (χ4v) is 1.00. The van der Waals surface area contributed by atoms with E-state index in [1.54, 1.807) is 6.07 Å². The van der Waals surface area contributed by atoms with E-state index in [1.165, 1.54) is 6.07 Å². The topological polar surface area (TPSA) is 26.0 Å². The van der Waals surface area contributed by atoms with Gasteiger partial charge < -0.3 is 5.73 Å². The molecule has 0 aliphatic rings. The Bertz CT molecular complexity index is 245. The lowest BCUT2D eigenvalue weighted by molar-refractivity contribution is 0.610. The fourth-order valence-electron chi connectivity index (χ4n) is 1.00. The second kappa shape index (κ2) is 3.49. The second-order valence-electron chi connectivity index (χ2n) is 2.48. The van der Waals surface area contributed by atoms with Gasteiger partial charge in [-0.3, -0.25) is 0 Å². The maximum absolute atomic E-state index is 13.0. The van der Waals surface area contributed by atoms with Crippen LogP contribution in [-0.2, 0) is 13.0 Å². The van der Waals surface area contributed by atoms with E-state index < -0.39 is 0 Å². The lowest BCUT2D eigenvalue weighted by atomic mass is 10.1. The van der Waals surface area contributed by atoms with Crippen molar-refractivity contribution < 1.29 is 4.39 Å². The first-order valence-corrected chi connectivity index (χ1v) is 3.75. The van der Waals surface area contributed by atoms with Crippen molar-refractivity contribution in [2.45, 2.75) is 19.9 Å². The molecule has 0 atom stereocenters. The maximum Gasteiger partial charge on any atom is 0.126 e. The van der Waals surface area contributed by atoms with Crippen molar-refractivity contribution in [1.29, 1.82) is 0 Å². The summed E-state index contributed by atoms with van der Waals surface area (Å²) in [6.07, 6.45) is 0.733. The van der Waals surface area contributed by atoms with E-state index in [0.29, 0.717) is 6.54 Å². The zero-order valence-electron chi connectivity index (χ0n) is 6.60. The minimum Gasteiger partial charge on any atom is -0.326 e. The van der Waals surface area contributed by atoms with Crippen LogP contribution in [0.2, 0.25) is 0 Å². The minimum absolute atomic E-state index is 0.143. The predicted molar refractivity (Wildman–Crippen MR) is 43.7 cm³/mol. The smallest absolute Gasteiger partial charge is 0.126 e. The third-order valence-corrected chi connectivity index (χ3v) is 1.73. The number of nitrogens with two attached hydrogens (primary N) is 1. The lowest BCUT2D eigenvalue weighted by Gasteiger charge is -2.01. The van der Waals surface area contributed by atoms with Crippen LogP contribution in [-0.4, -0.2) is 0 Å². The molecule has 0 radical (unpaired) electrons. The molecule has 11 heavy (non-hydrogen) atoms. The summed E-state index contributed by atoms with van der Waals surface area (Å²) in [4.78, 5) is 0. The molecule has 0 saturated carbocycles. The number of halogens is 1. The van der Waals surface area contributed by atoms with Gasteiger partial charge in [0.25, 0.3) is 0 Å². The average molecular weight is 153 g/mol. The second-order valence-corrected chi connectivity index (χ2v) is 2.48. The Kier molecular flexibility index (Phi) is 2.60. The van der Waals surface area contributed by atoms with Crippen LogP contribution in [0.25, 0.3) is 0 Å². The molecule has 60 valence electrons. The van der Waals surface area contributed by atoms with Gasteiger partial charge in [0, 0.05) is 6.54 Å². The van der Waals surface area contributed by atoms with Crippen molar-refractivity contribution in [3.05, 3.63) is 35.1 Å². The van der Waals surface area contributed by atoms with E-state index in [2.05, 4.69) is 0 Å². The van der Waals surface area contributed by atoms with Gasteiger partial charge in [-0.25, -0.2) is 4.39 Å². The Morgan fingerprint density at radius 3 is 2.64 bits per heavy atom. The summed E-state index contributed by atoms with van der Waals surface area (Å²) in [5, 5.41) is 0. The minimum atomic E-state index is -0.143. The first-order valence-electron chi connectivity index (χ1n) is 3.75. The zero-order chi connectivity index (χ0) is 8.27. The summed E-state index contributed by atoms with van der Waals surface area (Å²) >= 11 is 0. The molecule has 1 aromatic carbocycles. The first-order chi connectivity index (χ1) is 5.27. The van der Waals surface area contributed by atoms with Crippen LogP contribution in [0.15, 0.2) is 18.2 Å². The average Bonchev–Trinajstić information content (AvgIpc) is 2.04. The molecule has 0 aromatic heterocycles. The standard InChI is InChI=1S/C9H12FN/c1-2-8-4-3-7(6-11)5-9(8)10/h3-5H,2,6,11H2,1H3. The number of hydrogen-bond donors (Lipinski definition) is 1. The highest BCUT2D eigenvalue weighted by atomic mass is 19.1. The lowest BCUT2D eigenvalue weighted by Crippen LogP contribution is -1.98. The van der Waals surface area contributed by atoms with Gasteiger partial charge in [0.15, 0.2) is 0 Å². The molecule has 1 aromatic rings. The van der Waals surface area contributed by atoms with Crippen molar-refractivity contribution in [3.63, 3.8) is 0 Å². The van der Waals surface area contributed by atoms with E-state index >= 15 is 0 Å². The SMILES string of the molecule is CCc1ccc(CN)cc1F. The number of rotatable bonds is 2. The van der Waals surface area contributed by atoms with Gasteiger partial charge in [-0.2, -0.15) is 0 Å². The Balaban J connectivity index is 2.99. The van der Waals surface area contributed by atoms with Gasteiger partial charge in [0.1, 0.15) is 5.82 Å². The van der Waals surface area contributed by atoms with Crippen LogP contribution in [0.4, 0.5) is 4.39 Å². The summed E-state index contributed by atoms with van der Waals surface area (Å²) < 4.78 is 13.0. The summed E-state index contributed by atoms with van der Waals surface area (Å²) in [6, 6.07) is 5.15. The molecule has 0 aliphatic carbocycles. The van der Waals surface area contributed by atoms with Crippen LogP contribution in [0, 0.1) is 5.82 Å². The van der Waals surface area contributed by atoms with E-state index in [1.807, 2.05) is 13.0 Å². The van der Waals surface area contributed by atoms with Crippen LogP contribution in [0.3, 0.4) is 0 Å². The van der Waals surface area contributed by atoms with Crippen LogP contribution in [0.5, 0.6) is 0 Å². The largest absolute Gasteiger partial charge is 0.326 e. The van der Waals surface area contributed by atoms with E-state index in [9.17, 15) is 4.39 Å². The molecule has 0 aliphatic heterocycles. The van der Waals surface area contributed by atoms with E-state index in [0.717, 1.165) is 17.5 Å². The van der Waals surface area contributed by atoms with Crippen LogP contribution < -0.4 is 5.73 Å². The molecule has 0 saturated heterocycles. The molecule has 1 nitrogen and oxygen atoms in total. The summed E-state index contributed by atoms with van der Waals surface area (Å²) in [7, 11) is 0. The number of aryl methyl sites for hydroxylation is 1. The zero-order valence-corrected chi connectivity index (χ0v) is 6.60. The third kappa shape index (κ3) is 1.77. The Hall–Kier alpha value is -0.890. The normalized spacial score (nSPS) is 10.1. The highest BCUT2D eigenvalue weighted by molar-refractivity contribution is 5.24. The molecule has 2 heteroatoms. The van der Waals surface area contributed by atoms with Gasteiger partial charge in [-0.1, -0.05) is 19.1 Å². The van der Waals surface area contributed by atoms with E-state index in [4.69, 9.17) is 5.73 Å². The van der Waals surface area contributed by atoms with Gasteiger partial charge >= 0.3 is 0 Å². The van der Waals surface area contributed by atoms with Crippen molar-refractivity contribution in [2.24, 2.45) is 5.73 Å². The summed E-state index contributed by atoms with van der Waals surface area (Å²) in [5.41, 5.74) is 6.94. The number of hydrogen-bond acceptors (Lipinski definition) is 1. The van der Waals surface area contributed by atoms with Crippen molar-refractivity contribution in [1.82, 2.24) is 0 Å². The third-order valence-electron chi connectivity index (χ3n) is 1.73. The van der Waals surface area contributed by atoms with Crippen molar-refractivity contribution in [2.75, 3.05) is 0 Å². The quantitative estimate of drug-likeness (QED) is 0.689. The molecule has 2 N–H and O–H groups in total. The number of benzene rings is 1. The van der Waals surface area contributed by atoms with Crippen molar-refractivity contribution >= 4 is 0 Å². The molecule has 0 heterocycles. The molecular weight excluding hydrogens is 141 g/mol. The van der Waals surface area contributed by atoms with Crippen LogP contribution >= 0.6 is 0 Å². The van der Waals surface area contributed by atoms with Gasteiger partial charge in [-0.15, -0.1) is 0 Å². The van der Waals surface area contributed by atoms with Crippen LogP contribution in [0.1, 0.15) is 18.1 Å². The Morgan fingerprint density at radius 2 is 2.18 bits per heavy atom. The predicted octanol–water partition coefficient (Wildman–Crippen LogP) is 1.85. The molecule has 0 bridgehead atoms. The molecule has 0 unspecified atom stereocenters. The molecule has 0 spiro atoms. The maximum atomic E-state index is 13.0. The van der Waals surface area contributed by atoms with E-state index in [-0.39, 0.29) is 5.82 Å². The molecule has 0 amide bonds. The molecular formula is C9H12FN. The van der Waals surface area contributed by atoms with Gasteiger partial charge in [0.05, 0.1) is 0 Å². The first kappa shape index (κ1) is 8.21. The Morgan fingerprint density at radius 1 is 1.45 bits per heavy atom. The monoisotopic (exact) mass is 153 g/mol. The van der Waals surface area contributed by atoms with Gasteiger partial charge in [0.2, 0.25) is 0 Å². The molecule has 1 rings (SSSR count). The highest BCUT2D eigenvalue weighted by Crippen LogP contribution is 2.10. The highest BCUT2D eigenvalue weighted by Gasteiger charge is 1.99.